The van der Waals surface area contributed by atoms with Gasteiger partial charge in [-0.1, -0.05) is 0 Å². The molecule has 6 nitrogen and oxygen atoms in total. The molecular formula is C10H20O6. The first-order valence-electron chi connectivity index (χ1n) is 5.53. The summed E-state index contributed by atoms with van der Waals surface area (Å²) < 4.78 is 20.5. The monoisotopic (exact) mass is 236 g/mol. The molecule has 0 aromatic rings. The number of rotatable bonds is 0. The zero-order valence-electron chi connectivity index (χ0n) is 9.39. The summed E-state index contributed by atoms with van der Waals surface area (Å²) in [6.45, 7) is 2.87. The summed E-state index contributed by atoms with van der Waals surface area (Å²) in [7, 11) is 0. The number of hydrogen-bond acceptors (Lipinski definition) is 6. The Kier molecular flexibility index (Phi) is 6.86. The first-order valence-corrected chi connectivity index (χ1v) is 5.53. The third kappa shape index (κ3) is 7.10. The molecule has 1 saturated heterocycles. The lowest BCUT2D eigenvalue weighted by Crippen LogP contribution is -2.35. The van der Waals surface area contributed by atoms with Crippen LogP contribution in [-0.4, -0.2) is 62.4 Å². The Morgan fingerprint density at radius 1 is 0.688 bits per heavy atom. The molecule has 0 atom stereocenters. The Morgan fingerprint density at radius 2 is 1.25 bits per heavy atom. The summed E-state index contributed by atoms with van der Waals surface area (Å²) in [5.74, 6) is -2.13. The SMILES string of the molecule is OC1(O)CCOCCOCCCOCCO1. The van der Waals surface area contributed by atoms with Crippen LogP contribution in [0.3, 0.4) is 0 Å². The van der Waals surface area contributed by atoms with Crippen molar-refractivity contribution in [1.82, 2.24) is 0 Å². The molecule has 0 aromatic carbocycles. The van der Waals surface area contributed by atoms with Crippen molar-refractivity contribution in [2.45, 2.75) is 18.8 Å². The Hall–Kier alpha value is -0.240. The highest BCUT2D eigenvalue weighted by Gasteiger charge is 2.23. The molecule has 1 aliphatic heterocycles. The molecule has 1 fully saturated rings. The van der Waals surface area contributed by atoms with Crippen LogP contribution in [0.25, 0.3) is 0 Å². The van der Waals surface area contributed by atoms with Gasteiger partial charge in [0.25, 0.3) is 5.97 Å². The molecule has 1 heterocycles. The van der Waals surface area contributed by atoms with Crippen molar-refractivity contribution in [3.63, 3.8) is 0 Å². The molecule has 1 rings (SSSR count). The molecule has 0 saturated carbocycles. The van der Waals surface area contributed by atoms with Gasteiger partial charge in [0.05, 0.1) is 39.5 Å². The van der Waals surface area contributed by atoms with E-state index in [2.05, 4.69) is 0 Å². The van der Waals surface area contributed by atoms with E-state index in [-0.39, 0.29) is 19.6 Å². The smallest absolute Gasteiger partial charge is 0.280 e. The molecule has 2 N–H and O–H groups in total. The second-order valence-electron chi connectivity index (χ2n) is 3.53. The second kappa shape index (κ2) is 7.94. The molecule has 0 amide bonds. The van der Waals surface area contributed by atoms with Crippen molar-refractivity contribution in [1.29, 1.82) is 0 Å². The molecule has 0 radical (unpaired) electrons. The van der Waals surface area contributed by atoms with E-state index < -0.39 is 5.97 Å². The Labute approximate surface area is 95.1 Å². The van der Waals surface area contributed by atoms with Gasteiger partial charge in [0.1, 0.15) is 0 Å². The van der Waals surface area contributed by atoms with Crippen LogP contribution in [0.4, 0.5) is 0 Å². The number of hydrogen-bond donors (Lipinski definition) is 2. The van der Waals surface area contributed by atoms with E-state index in [1.165, 1.54) is 0 Å². The zero-order valence-corrected chi connectivity index (χ0v) is 9.39. The summed E-state index contributed by atoms with van der Waals surface area (Å²) in [5.41, 5.74) is 0. The minimum Gasteiger partial charge on any atom is -0.379 e. The van der Waals surface area contributed by atoms with Gasteiger partial charge in [-0.2, -0.15) is 0 Å². The molecule has 0 spiro atoms. The standard InChI is InChI=1S/C10H20O6/c11-10(12)2-5-15-7-6-13-3-1-4-14-8-9-16-10/h11-12H,1-9H2. The van der Waals surface area contributed by atoms with Crippen molar-refractivity contribution in [3.05, 3.63) is 0 Å². The highest BCUT2D eigenvalue weighted by molar-refractivity contribution is 4.51. The lowest BCUT2D eigenvalue weighted by Gasteiger charge is -2.22. The van der Waals surface area contributed by atoms with E-state index in [9.17, 15) is 10.2 Å². The maximum atomic E-state index is 9.35. The second-order valence-corrected chi connectivity index (χ2v) is 3.53. The molecule has 1 aliphatic rings. The van der Waals surface area contributed by atoms with E-state index in [0.717, 1.165) is 6.42 Å². The van der Waals surface area contributed by atoms with Crippen molar-refractivity contribution < 1.29 is 29.2 Å². The van der Waals surface area contributed by atoms with E-state index in [4.69, 9.17) is 18.9 Å². The van der Waals surface area contributed by atoms with Crippen LogP contribution in [-0.2, 0) is 18.9 Å². The highest BCUT2D eigenvalue weighted by Crippen LogP contribution is 2.08. The van der Waals surface area contributed by atoms with Gasteiger partial charge in [-0.15, -0.1) is 0 Å². The fourth-order valence-electron chi connectivity index (χ4n) is 1.23. The molecule has 0 aliphatic carbocycles. The van der Waals surface area contributed by atoms with E-state index in [1.807, 2.05) is 0 Å². The predicted molar refractivity (Wildman–Crippen MR) is 54.8 cm³/mol. The van der Waals surface area contributed by atoms with Crippen molar-refractivity contribution in [2.24, 2.45) is 0 Å². The van der Waals surface area contributed by atoms with Crippen LogP contribution < -0.4 is 0 Å². The fourth-order valence-corrected chi connectivity index (χ4v) is 1.23. The molecule has 6 heteroatoms. The topological polar surface area (TPSA) is 77.4 Å². The van der Waals surface area contributed by atoms with E-state index in [1.54, 1.807) is 0 Å². The largest absolute Gasteiger partial charge is 0.379 e. The van der Waals surface area contributed by atoms with Crippen LogP contribution in [0, 0.1) is 0 Å². The molecule has 16 heavy (non-hydrogen) atoms. The van der Waals surface area contributed by atoms with E-state index in [0.29, 0.717) is 33.0 Å². The van der Waals surface area contributed by atoms with Gasteiger partial charge < -0.3 is 29.2 Å². The van der Waals surface area contributed by atoms with Crippen LogP contribution in [0.15, 0.2) is 0 Å². The summed E-state index contributed by atoms with van der Waals surface area (Å²) in [5, 5.41) is 18.7. The molecule has 96 valence electrons. The van der Waals surface area contributed by atoms with E-state index >= 15 is 0 Å². The molecule has 0 unspecified atom stereocenters. The third-order valence-corrected chi connectivity index (χ3v) is 2.08. The van der Waals surface area contributed by atoms with Crippen molar-refractivity contribution >= 4 is 0 Å². The van der Waals surface area contributed by atoms with Crippen LogP contribution in [0.2, 0.25) is 0 Å². The molecular weight excluding hydrogens is 216 g/mol. The fraction of sp³-hybridized carbons (Fsp3) is 1.00. The average molecular weight is 236 g/mol. The van der Waals surface area contributed by atoms with Gasteiger partial charge in [0.2, 0.25) is 0 Å². The highest BCUT2D eigenvalue weighted by atomic mass is 16.8. The lowest BCUT2D eigenvalue weighted by molar-refractivity contribution is -0.345. The molecule has 0 aromatic heterocycles. The van der Waals surface area contributed by atoms with Crippen LogP contribution >= 0.6 is 0 Å². The van der Waals surface area contributed by atoms with Gasteiger partial charge in [0.15, 0.2) is 0 Å². The van der Waals surface area contributed by atoms with Crippen LogP contribution in [0.5, 0.6) is 0 Å². The number of aliphatic hydroxyl groups is 2. The molecule has 0 bridgehead atoms. The quantitative estimate of drug-likeness (QED) is 0.551. The van der Waals surface area contributed by atoms with Gasteiger partial charge in [-0.3, -0.25) is 0 Å². The summed E-state index contributed by atoms with van der Waals surface area (Å²) >= 11 is 0. The lowest BCUT2D eigenvalue weighted by atomic mass is 10.4. The average Bonchev–Trinajstić information content (AvgIpc) is 2.24. The Balaban J connectivity index is 2.22. The summed E-state index contributed by atoms with van der Waals surface area (Å²) in [4.78, 5) is 0. The van der Waals surface area contributed by atoms with Crippen LogP contribution in [0.1, 0.15) is 12.8 Å². The number of ether oxygens (including phenoxy) is 4. The van der Waals surface area contributed by atoms with Gasteiger partial charge in [-0.05, 0) is 6.42 Å². The summed E-state index contributed by atoms with van der Waals surface area (Å²) in [6, 6.07) is 0. The maximum absolute atomic E-state index is 9.35. The van der Waals surface area contributed by atoms with Gasteiger partial charge in [-0.25, -0.2) is 0 Å². The first kappa shape index (κ1) is 13.8. The Morgan fingerprint density at radius 3 is 1.94 bits per heavy atom. The normalized spacial score (nSPS) is 25.9. The minimum absolute atomic E-state index is 0.00694. The zero-order chi connectivity index (χ0) is 11.7. The summed E-state index contributed by atoms with van der Waals surface area (Å²) in [6.07, 6.45) is 0.816. The first-order chi connectivity index (χ1) is 7.71. The maximum Gasteiger partial charge on any atom is 0.280 e. The Bertz CT molecular complexity index is 157. The van der Waals surface area contributed by atoms with Crippen molar-refractivity contribution in [3.8, 4) is 0 Å². The van der Waals surface area contributed by atoms with Crippen molar-refractivity contribution in [2.75, 3.05) is 46.2 Å². The van der Waals surface area contributed by atoms with Gasteiger partial charge in [0, 0.05) is 13.2 Å². The van der Waals surface area contributed by atoms with Gasteiger partial charge >= 0.3 is 0 Å². The minimum atomic E-state index is -2.13. The third-order valence-electron chi connectivity index (χ3n) is 2.08. The predicted octanol–water partition coefficient (Wildman–Crippen LogP) is -0.515.